The first-order chi connectivity index (χ1) is 23.3. The number of rotatable bonds is 12. The highest BCUT2D eigenvalue weighted by molar-refractivity contribution is 5.71. The fourth-order valence-electron chi connectivity index (χ4n) is 6.92. The fraction of sp³-hybridized carbons (Fsp3) is 0.378. The fourth-order valence-corrected chi connectivity index (χ4v) is 6.92. The number of ether oxygens (including phenoxy) is 4. The van der Waals surface area contributed by atoms with Gasteiger partial charge >= 0.3 is 5.97 Å². The van der Waals surface area contributed by atoms with Gasteiger partial charge in [-0.25, -0.2) is 0 Å². The Labute approximate surface area is 278 Å². The number of piperidine rings is 1. The van der Waals surface area contributed by atoms with E-state index in [0.717, 1.165) is 30.0 Å². The lowest BCUT2D eigenvalue weighted by atomic mass is 9.83. The maximum absolute atomic E-state index is 13.1. The lowest BCUT2D eigenvalue weighted by Crippen LogP contribution is -2.46. The molecule has 0 aliphatic carbocycles. The summed E-state index contributed by atoms with van der Waals surface area (Å²) in [4.78, 5) is 40.4. The summed E-state index contributed by atoms with van der Waals surface area (Å²) in [6.45, 7) is 2.81. The van der Waals surface area contributed by atoms with Crippen LogP contribution in [0.4, 0.5) is 0 Å². The molecule has 0 spiro atoms. The second kappa shape index (κ2) is 14.4. The van der Waals surface area contributed by atoms with Crippen LogP contribution in [0.15, 0.2) is 80.7 Å². The summed E-state index contributed by atoms with van der Waals surface area (Å²) in [6, 6.07) is 19.7. The molecular weight excluding hydrogens is 616 g/mol. The number of carbonyl (C=O) groups is 1. The number of benzene rings is 2. The molecule has 3 unspecified atom stereocenters. The van der Waals surface area contributed by atoms with Crippen molar-refractivity contribution in [1.82, 2.24) is 9.47 Å². The van der Waals surface area contributed by atoms with Crippen molar-refractivity contribution in [3.63, 3.8) is 0 Å². The van der Waals surface area contributed by atoms with E-state index in [1.54, 1.807) is 37.4 Å². The van der Waals surface area contributed by atoms with Crippen LogP contribution in [-0.4, -0.2) is 61.6 Å². The van der Waals surface area contributed by atoms with Gasteiger partial charge in [-0.1, -0.05) is 24.3 Å². The monoisotopic (exact) mass is 656 g/mol. The molecule has 2 aromatic carbocycles. The van der Waals surface area contributed by atoms with Crippen LogP contribution in [0.1, 0.15) is 53.0 Å². The zero-order valence-corrected chi connectivity index (χ0v) is 27.3. The SMILES string of the molecule is COC(=O)CC(c1ccc(OCCc2ccc(OC)cc2)c(OC)c1)c1oc(CN2CC3CC(C2)c2cccc(=O)n2C3)cc(=O)c1O. The molecule has 6 rings (SSSR count). The standard InChI is InChI=1S/C37H40N2O9/c1-44-27-10-7-23(8-11-27)13-14-47-32-12-9-25(16-33(32)45-2)29(18-35(42)46-3)37-36(43)31(40)17-28(48-37)22-38-19-24-15-26(21-38)30-5-4-6-34(41)39(30)20-24/h4-12,16-17,24,26,29,43H,13-15,18-22H2,1-3H3. The van der Waals surface area contributed by atoms with E-state index in [-0.39, 0.29) is 29.6 Å². The van der Waals surface area contributed by atoms with E-state index < -0.39 is 23.1 Å². The van der Waals surface area contributed by atoms with Crippen LogP contribution < -0.4 is 25.2 Å². The van der Waals surface area contributed by atoms with Crippen molar-refractivity contribution in [2.45, 2.75) is 44.2 Å². The zero-order chi connectivity index (χ0) is 33.8. The lowest BCUT2D eigenvalue weighted by Gasteiger charge is -2.42. The van der Waals surface area contributed by atoms with Gasteiger partial charge < -0.3 is 33.0 Å². The molecule has 2 aliphatic rings. The number of fused-ring (bicyclic) bond motifs is 4. The smallest absolute Gasteiger partial charge is 0.306 e. The van der Waals surface area contributed by atoms with Crippen molar-refractivity contribution >= 4 is 5.97 Å². The van der Waals surface area contributed by atoms with Crippen LogP contribution in [0.5, 0.6) is 23.0 Å². The molecule has 48 heavy (non-hydrogen) atoms. The van der Waals surface area contributed by atoms with Gasteiger partial charge in [0.2, 0.25) is 11.2 Å². The third-order valence-corrected chi connectivity index (χ3v) is 9.25. The van der Waals surface area contributed by atoms with Crippen molar-refractivity contribution in [2.75, 3.05) is 41.0 Å². The Balaban J connectivity index is 1.23. The summed E-state index contributed by atoms with van der Waals surface area (Å²) < 4.78 is 30.0. The van der Waals surface area contributed by atoms with Crippen LogP contribution in [0.3, 0.4) is 0 Å². The number of carbonyl (C=O) groups excluding carboxylic acids is 1. The highest BCUT2D eigenvalue weighted by atomic mass is 16.5. The van der Waals surface area contributed by atoms with Gasteiger partial charge in [-0.3, -0.25) is 19.3 Å². The third-order valence-electron chi connectivity index (χ3n) is 9.25. The molecule has 2 aliphatic heterocycles. The molecule has 0 saturated carbocycles. The molecule has 3 atom stereocenters. The van der Waals surface area contributed by atoms with E-state index in [1.165, 1.54) is 20.3 Å². The largest absolute Gasteiger partial charge is 0.502 e. The van der Waals surface area contributed by atoms with Gasteiger partial charge in [0.1, 0.15) is 11.5 Å². The van der Waals surface area contributed by atoms with Gasteiger partial charge in [0.05, 0.1) is 46.8 Å². The van der Waals surface area contributed by atoms with Gasteiger partial charge in [0.15, 0.2) is 17.3 Å². The van der Waals surface area contributed by atoms with E-state index in [0.29, 0.717) is 55.5 Å². The Hall–Kier alpha value is -5.03. The Morgan fingerprint density at radius 1 is 0.958 bits per heavy atom. The Morgan fingerprint density at radius 3 is 2.52 bits per heavy atom. The normalized spacial score (nSPS) is 17.6. The number of hydrogen-bond donors (Lipinski definition) is 1. The van der Waals surface area contributed by atoms with Crippen molar-refractivity contribution in [3.8, 4) is 23.0 Å². The first kappa shape index (κ1) is 32.9. The van der Waals surface area contributed by atoms with Crippen molar-refractivity contribution in [3.05, 3.63) is 116 Å². The quantitative estimate of drug-likeness (QED) is 0.218. The van der Waals surface area contributed by atoms with Crippen LogP contribution in [0, 0.1) is 5.92 Å². The van der Waals surface area contributed by atoms with Crippen molar-refractivity contribution < 1.29 is 33.3 Å². The highest BCUT2D eigenvalue weighted by Gasteiger charge is 2.35. The summed E-state index contributed by atoms with van der Waals surface area (Å²) in [5.41, 5.74) is 2.11. The zero-order valence-electron chi connectivity index (χ0n) is 27.3. The van der Waals surface area contributed by atoms with E-state index in [4.69, 9.17) is 23.4 Å². The van der Waals surface area contributed by atoms with Crippen LogP contribution in [0.25, 0.3) is 0 Å². The number of hydrogen-bond acceptors (Lipinski definition) is 10. The van der Waals surface area contributed by atoms with Crippen molar-refractivity contribution in [2.24, 2.45) is 5.92 Å². The highest BCUT2D eigenvalue weighted by Crippen LogP contribution is 2.39. The number of likely N-dealkylation sites (tertiary alicyclic amines) is 1. The number of aromatic hydroxyl groups is 1. The molecule has 1 N–H and O–H groups in total. The van der Waals surface area contributed by atoms with Crippen LogP contribution >= 0.6 is 0 Å². The number of esters is 1. The van der Waals surface area contributed by atoms with Crippen molar-refractivity contribution in [1.29, 1.82) is 0 Å². The molecule has 4 heterocycles. The summed E-state index contributed by atoms with van der Waals surface area (Å²) in [6.07, 6.45) is 1.47. The minimum absolute atomic E-state index is 0.0197. The molecule has 1 fully saturated rings. The van der Waals surface area contributed by atoms with E-state index in [1.807, 2.05) is 34.9 Å². The molecular formula is C37H40N2O9. The molecule has 1 saturated heterocycles. The second-order valence-electron chi connectivity index (χ2n) is 12.4. The first-order valence-electron chi connectivity index (χ1n) is 16.0. The van der Waals surface area contributed by atoms with E-state index in [2.05, 4.69) is 4.90 Å². The van der Waals surface area contributed by atoms with Crippen LogP contribution in [-0.2, 0) is 29.0 Å². The minimum atomic E-state index is -0.841. The Kier molecular flexibility index (Phi) is 9.86. The Morgan fingerprint density at radius 2 is 1.77 bits per heavy atom. The minimum Gasteiger partial charge on any atom is -0.502 e. The van der Waals surface area contributed by atoms with Gasteiger partial charge in [-0.2, -0.15) is 0 Å². The van der Waals surface area contributed by atoms with Crippen LogP contribution in [0.2, 0.25) is 0 Å². The second-order valence-corrected chi connectivity index (χ2v) is 12.4. The molecule has 2 aromatic heterocycles. The number of aromatic nitrogens is 1. The molecule has 252 valence electrons. The van der Waals surface area contributed by atoms with Gasteiger partial charge in [0.25, 0.3) is 5.56 Å². The molecule has 4 aromatic rings. The third kappa shape index (κ3) is 7.11. The maximum atomic E-state index is 13.1. The molecule has 0 radical (unpaired) electrons. The lowest BCUT2D eigenvalue weighted by molar-refractivity contribution is -0.140. The Bertz CT molecular complexity index is 1880. The predicted molar refractivity (Wildman–Crippen MR) is 177 cm³/mol. The molecule has 2 bridgehead atoms. The average molecular weight is 657 g/mol. The van der Waals surface area contributed by atoms with Gasteiger partial charge in [-0.05, 0) is 53.8 Å². The molecule has 11 nitrogen and oxygen atoms in total. The summed E-state index contributed by atoms with van der Waals surface area (Å²) in [5.74, 6) is 0.601. The first-order valence-corrected chi connectivity index (χ1v) is 16.0. The maximum Gasteiger partial charge on any atom is 0.306 e. The van der Waals surface area contributed by atoms with Gasteiger partial charge in [0, 0.05) is 49.8 Å². The topological polar surface area (TPSA) is 130 Å². The van der Waals surface area contributed by atoms with Gasteiger partial charge in [-0.15, -0.1) is 0 Å². The van der Waals surface area contributed by atoms with E-state index >= 15 is 0 Å². The number of nitrogens with zero attached hydrogens (tertiary/aromatic N) is 2. The summed E-state index contributed by atoms with van der Waals surface area (Å²) in [7, 11) is 4.43. The predicted octanol–water partition coefficient (Wildman–Crippen LogP) is 4.46. The molecule has 11 heteroatoms. The summed E-state index contributed by atoms with van der Waals surface area (Å²) in [5, 5.41) is 11.0. The van der Waals surface area contributed by atoms with E-state index in [9.17, 15) is 19.5 Å². The number of methoxy groups -OCH3 is 3. The average Bonchev–Trinajstić information content (AvgIpc) is 3.09. The molecule has 0 amide bonds. The number of pyridine rings is 1. The summed E-state index contributed by atoms with van der Waals surface area (Å²) >= 11 is 0.